The van der Waals surface area contributed by atoms with E-state index in [0.717, 1.165) is 6.07 Å². The van der Waals surface area contributed by atoms with Gasteiger partial charge in [-0.2, -0.15) is 0 Å². The molecule has 1 aromatic rings. The third-order valence-corrected chi connectivity index (χ3v) is 2.83. The van der Waals surface area contributed by atoms with Crippen LogP contribution in [0.15, 0.2) is 15.3 Å². The standard InChI is InChI=1S/C12H12O5/c1-12(2)4-8(13)6-3-7(10(14)15)11(16)17-9(6)5-12/h3H,4-5H2,1-2H3,(H,14,15). The Balaban J connectivity index is 2.62. The van der Waals surface area contributed by atoms with Crippen LogP contribution in [0, 0.1) is 5.41 Å². The molecule has 1 N–H and O–H groups in total. The van der Waals surface area contributed by atoms with E-state index in [1.165, 1.54) is 0 Å². The molecule has 0 atom stereocenters. The highest BCUT2D eigenvalue weighted by atomic mass is 16.4. The molecule has 0 aromatic carbocycles. The maximum Gasteiger partial charge on any atom is 0.350 e. The molecule has 17 heavy (non-hydrogen) atoms. The van der Waals surface area contributed by atoms with E-state index in [9.17, 15) is 14.4 Å². The van der Waals surface area contributed by atoms with Gasteiger partial charge in [-0.25, -0.2) is 9.59 Å². The quantitative estimate of drug-likeness (QED) is 0.798. The van der Waals surface area contributed by atoms with Gasteiger partial charge in [-0.15, -0.1) is 0 Å². The number of hydrogen-bond acceptors (Lipinski definition) is 4. The van der Waals surface area contributed by atoms with Gasteiger partial charge in [0.15, 0.2) is 5.78 Å². The zero-order chi connectivity index (χ0) is 12.8. The minimum absolute atomic E-state index is 0.178. The van der Waals surface area contributed by atoms with Gasteiger partial charge in [-0.05, 0) is 11.5 Å². The van der Waals surface area contributed by atoms with E-state index < -0.39 is 17.2 Å². The van der Waals surface area contributed by atoms with Gasteiger partial charge in [0.1, 0.15) is 11.3 Å². The van der Waals surface area contributed by atoms with E-state index in [0.29, 0.717) is 18.6 Å². The smallest absolute Gasteiger partial charge is 0.350 e. The van der Waals surface area contributed by atoms with E-state index in [1.54, 1.807) is 0 Å². The van der Waals surface area contributed by atoms with Crippen LogP contribution in [-0.4, -0.2) is 16.9 Å². The van der Waals surface area contributed by atoms with E-state index in [2.05, 4.69) is 0 Å². The molecule has 0 amide bonds. The lowest BCUT2D eigenvalue weighted by molar-refractivity contribution is 0.0691. The highest BCUT2D eigenvalue weighted by Crippen LogP contribution is 2.34. The predicted octanol–water partition coefficient (Wildman–Crippen LogP) is 1.49. The van der Waals surface area contributed by atoms with E-state index in [1.807, 2.05) is 13.8 Å². The molecule has 0 unspecified atom stereocenters. The molecule has 0 fully saturated rings. The summed E-state index contributed by atoms with van der Waals surface area (Å²) in [5, 5.41) is 8.78. The second kappa shape index (κ2) is 3.55. The number of aromatic carboxylic acids is 1. The Hall–Kier alpha value is -1.91. The summed E-state index contributed by atoms with van der Waals surface area (Å²) in [4.78, 5) is 34.0. The van der Waals surface area contributed by atoms with Crippen LogP contribution in [0.1, 0.15) is 46.7 Å². The summed E-state index contributed by atoms with van der Waals surface area (Å²) in [5.41, 5.74) is -1.43. The van der Waals surface area contributed by atoms with Crippen molar-refractivity contribution in [1.82, 2.24) is 0 Å². The molecule has 0 bridgehead atoms. The van der Waals surface area contributed by atoms with Crippen molar-refractivity contribution in [1.29, 1.82) is 0 Å². The van der Waals surface area contributed by atoms with Gasteiger partial charge in [0, 0.05) is 12.8 Å². The second-order valence-corrected chi connectivity index (χ2v) is 5.03. The molecular formula is C12H12O5. The Morgan fingerprint density at radius 3 is 2.59 bits per heavy atom. The third-order valence-electron chi connectivity index (χ3n) is 2.83. The molecule has 5 nitrogen and oxygen atoms in total. The minimum atomic E-state index is -1.38. The zero-order valence-electron chi connectivity index (χ0n) is 9.57. The van der Waals surface area contributed by atoms with Gasteiger partial charge >= 0.3 is 11.6 Å². The van der Waals surface area contributed by atoms with Crippen LogP contribution < -0.4 is 5.63 Å². The van der Waals surface area contributed by atoms with Crippen molar-refractivity contribution < 1.29 is 19.1 Å². The molecule has 0 saturated heterocycles. The normalized spacial score (nSPS) is 17.6. The van der Waals surface area contributed by atoms with Crippen molar-refractivity contribution in [2.24, 2.45) is 5.41 Å². The van der Waals surface area contributed by atoms with Crippen molar-refractivity contribution in [3.63, 3.8) is 0 Å². The largest absolute Gasteiger partial charge is 0.477 e. The first-order chi connectivity index (χ1) is 7.80. The van der Waals surface area contributed by atoms with Crippen molar-refractivity contribution in [2.75, 3.05) is 0 Å². The van der Waals surface area contributed by atoms with Gasteiger partial charge < -0.3 is 9.52 Å². The summed E-state index contributed by atoms with van der Waals surface area (Å²) < 4.78 is 4.94. The number of carboxylic acid groups (broad SMARTS) is 1. The Kier molecular flexibility index (Phi) is 2.41. The maximum atomic E-state index is 11.8. The highest BCUT2D eigenvalue weighted by Gasteiger charge is 2.34. The zero-order valence-corrected chi connectivity index (χ0v) is 9.57. The number of carbonyl (C=O) groups excluding carboxylic acids is 1. The Labute approximate surface area is 97.1 Å². The maximum absolute atomic E-state index is 11.8. The monoisotopic (exact) mass is 236 g/mol. The lowest BCUT2D eigenvalue weighted by atomic mass is 9.76. The van der Waals surface area contributed by atoms with Gasteiger partial charge in [0.25, 0.3) is 0 Å². The van der Waals surface area contributed by atoms with Gasteiger partial charge in [-0.1, -0.05) is 13.8 Å². The summed E-state index contributed by atoms with van der Waals surface area (Å²) in [6, 6.07) is 1.13. The molecule has 1 aromatic heterocycles. The number of carbonyl (C=O) groups is 2. The molecule has 1 aliphatic carbocycles. The molecule has 0 radical (unpaired) electrons. The summed E-state index contributed by atoms with van der Waals surface area (Å²) in [6.45, 7) is 3.80. The number of ketones is 1. The van der Waals surface area contributed by atoms with Crippen LogP contribution in [0.2, 0.25) is 0 Å². The Morgan fingerprint density at radius 1 is 1.35 bits per heavy atom. The van der Waals surface area contributed by atoms with Gasteiger partial charge in [-0.3, -0.25) is 4.79 Å². The minimum Gasteiger partial charge on any atom is -0.477 e. The van der Waals surface area contributed by atoms with Crippen molar-refractivity contribution in [3.05, 3.63) is 33.4 Å². The molecule has 5 heteroatoms. The first kappa shape index (κ1) is 11.6. The SMILES string of the molecule is CC1(C)CC(=O)c2cc(C(=O)O)c(=O)oc2C1. The first-order valence-electron chi connectivity index (χ1n) is 5.24. The topological polar surface area (TPSA) is 84.6 Å². The summed E-state index contributed by atoms with van der Waals surface area (Å²) in [5.74, 6) is -1.26. The third kappa shape index (κ3) is 2.00. The molecule has 0 spiro atoms. The molecule has 90 valence electrons. The van der Waals surface area contributed by atoms with Gasteiger partial charge in [0.05, 0.1) is 5.56 Å². The molecular weight excluding hydrogens is 224 g/mol. The lowest BCUT2D eigenvalue weighted by Gasteiger charge is -2.28. The van der Waals surface area contributed by atoms with E-state index in [-0.39, 0.29) is 16.8 Å². The second-order valence-electron chi connectivity index (χ2n) is 5.03. The lowest BCUT2D eigenvalue weighted by Crippen LogP contribution is -2.29. The summed E-state index contributed by atoms with van der Waals surface area (Å²) >= 11 is 0. The molecule has 0 aliphatic heterocycles. The Bertz CT molecular complexity index is 565. The van der Waals surface area contributed by atoms with Crippen LogP contribution in [0.3, 0.4) is 0 Å². The molecule has 1 aliphatic rings. The summed E-state index contributed by atoms with van der Waals surface area (Å²) in [7, 11) is 0. The van der Waals surface area contributed by atoms with Crippen molar-refractivity contribution in [3.8, 4) is 0 Å². The number of rotatable bonds is 1. The van der Waals surface area contributed by atoms with Crippen LogP contribution in [0.25, 0.3) is 0 Å². The average Bonchev–Trinajstić information content (AvgIpc) is 2.13. The van der Waals surface area contributed by atoms with Crippen LogP contribution >= 0.6 is 0 Å². The van der Waals surface area contributed by atoms with Crippen LogP contribution in [0.4, 0.5) is 0 Å². The molecule has 0 saturated carbocycles. The first-order valence-corrected chi connectivity index (χ1v) is 5.24. The number of carboxylic acids is 1. The molecule has 1 heterocycles. The fraction of sp³-hybridized carbons (Fsp3) is 0.417. The van der Waals surface area contributed by atoms with Crippen LogP contribution in [0.5, 0.6) is 0 Å². The highest BCUT2D eigenvalue weighted by molar-refractivity contribution is 6.00. The van der Waals surface area contributed by atoms with Gasteiger partial charge in [0.2, 0.25) is 0 Å². The fourth-order valence-corrected chi connectivity index (χ4v) is 2.05. The number of Topliss-reactive ketones (excluding diaryl/α,β-unsaturated/α-hetero) is 1. The van der Waals surface area contributed by atoms with Crippen LogP contribution in [-0.2, 0) is 6.42 Å². The Morgan fingerprint density at radius 2 is 2.00 bits per heavy atom. The van der Waals surface area contributed by atoms with Crippen molar-refractivity contribution in [2.45, 2.75) is 26.7 Å². The predicted molar refractivity (Wildman–Crippen MR) is 58.4 cm³/mol. The number of fused-ring (bicyclic) bond motifs is 1. The average molecular weight is 236 g/mol. The molecule has 2 rings (SSSR count). The number of hydrogen-bond donors (Lipinski definition) is 1. The van der Waals surface area contributed by atoms with E-state index in [4.69, 9.17) is 9.52 Å². The van der Waals surface area contributed by atoms with Crippen molar-refractivity contribution >= 4 is 11.8 Å². The van der Waals surface area contributed by atoms with E-state index >= 15 is 0 Å². The summed E-state index contributed by atoms with van der Waals surface area (Å²) in [6.07, 6.45) is 0.788. The fourth-order valence-electron chi connectivity index (χ4n) is 2.05.